The van der Waals surface area contributed by atoms with Crippen LogP contribution in [0.2, 0.25) is 0 Å². The van der Waals surface area contributed by atoms with Gasteiger partial charge in [0.15, 0.2) is 0 Å². The lowest BCUT2D eigenvalue weighted by Gasteiger charge is -2.10. The number of rotatable bonds is 3. The van der Waals surface area contributed by atoms with Crippen molar-refractivity contribution in [1.82, 2.24) is 4.98 Å². The van der Waals surface area contributed by atoms with Crippen molar-refractivity contribution >= 4 is 17.6 Å². The third-order valence-corrected chi connectivity index (χ3v) is 2.86. The molecule has 20 heavy (non-hydrogen) atoms. The van der Waals surface area contributed by atoms with Crippen molar-refractivity contribution in [3.63, 3.8) is 0 Å². The molecule has 1 N–H and O–H groups in total. The fourth-order valence-corrected chi connectivity index (χ4v) is 1.80. The Hall–Kier alpha value is -2.69. The third-order valence-electron chi connectivity index (χ3n) is 2.86. The van der Waals surface area contributed by atoms with Gasteiger partial charge in [-0.2, -0.15) is 0 Å². The summed E-state index contributed by atoms with van der Waals surface area (Å²) >= 11 is 0. The summed E-state index contributed by atoms with van der Waals surface area (Å²) in [6.45, 7) is 1.85. The van der Waals surface area contributed by atoms with Crippen LogP contribution in [0.5, 0.6) is 0 Å². The van der Waals surface area contributed by atoms with Gasteiger partial charge in [-0.05, 0) is 24.6 Å². The van der Waals surface area contributed by atoms with Gasteiger partial charge in [-0.15, -0.1) is 0 Å². The summed E-state index contributed by atoms with van der Waals surface area (Å²) in [5.41, 5.74) is 2.00. The van der Waals surface area contributed by atoms with E-state index in [9.17, 15) is 9.59 Å². The van der Waals surface area contributed by atoms with Crippen molar-refractivity contribution in [3.05, 3.63) is 59.4 Å². The number of aromatic nitrogens is 1. The molecule has 0 saturated carbocycles. The topological polar surface area (TPSA) is 68.3 Å². The molecule has 0 radical (unpaired) electrons. The first-order valence-electron chi connectivity index (χ1n) is 6.03. The molecule has 0 fully saturated rings. The predicted molar refractivity (Wildman–Crippen MR) is 74.7 cm³/mol. The molecule has 0 bridgehead atoms. The lowest BCUT2D eigenvalue weighted by atomic mass is 10.1. The zero-order chi connectivity index (χ0) is 14.5. The Morgan fingerprint density at radius 3 is 2.60 bits per heavy atom. The molecule has 1 aromatic carbocycles. The number of carbonyl (C=O) groups is 2. The van der Waals surface area contributed by atoms with Gasteiger partial charge >= 0.3 is 5.97 Å². The molecule has 0 saturated heterocycles. The van der Waals surface area contributed by atoms with Crippen molar-refractivity contribution in [1.29, 1.82) is 0 Å². The standard InChI is InChI=1S/C15H14N2O3/c1-10-5-3-4-6-11(10)14(18)17-13-9-16-8-7-12(13)15(19)20-2/h3-9H,1-2H3,(H,17,18). The van der Waals surface area contributed by atoms with Crippen LogP contribution in [0.4, 0.5) is 5.69 Å². The van der Waals surface area contributed by atoms with Gasteiger partial charge in [0, 0.05) is 11.8 Å². The van der Waals surface area contributed by atoms with Gasteiger partial charge in [-0.3, -0.25) is 9.78 Å². The molecule has 0 unspecified atom stereocenters. The van der Waals surface area contributed by atoms with Crippen molar-refractivity contribution < 1.29 is 14.3 Å². The van der Waals surface area contributed by atoms with E-state index in [1.54, 1.807) is 12.1 Å². The van der Waals surface area contributed by atoms with Gasteiger partial charge in [0.2, 0.25) is 0 Å². The summed E-state index contributed by atoms with van der Waals surface area (Å²) < 4.78 is 4.67. The number of amides is 1. The van der Waals surface area contributed by atoms with Crippen LogP contribution in [0.25, 0.3) is 0 Å². The second kappa shape index (κ2) is 5.97. The smallest absolute Gasteiger partial charge is 0.340 e. The van der Waals surface area contributed by atoms with E-state index in [0.717, 1.165) is 5.56 Å². The number of anilines is 1. The van der Waals surface area contributed by atoms with Crippen LogP contribution in [0.3, 0.4) is 0 Å². The Balaban J connectivity index is 2.29. The lowest BCUT2D eigenvalue weighted by molar-refractivity contribution is 0.0602. The summed E-state index contributed by atoms with van der Waals surface area (Å²) in [7, 11) is 1.29. The van der Waals surface area contributed by atoms with Gasteiger partial charge < -0.3 is 10.1 Å². The molecule has 1 aromatic heterocycles. The number of hydrogen-bond acceptors (Lipinski definition) is 4. The quantitative estimate of drug-likeness (QED) is 0.870. The number of carbonyl (C=O) groups excluding carboxylic acids is 2. The maximum Gasteiger partial charge on any atom is 0.340 e. The monoisotopic (exact) mass is 270 g/mol. The van der Waals surface area contributed by atoms with Crippen LogP contribution in [-0.2, 0) is 4.74 Å². The molecule has 2 aromatic rings. The average molecular weight is 270 g/mol. The van der Waals surface area contributed by atoms with Crippen molar-refractivity contribution in [2.75, 3.05) is 12.4 Å². The van der Waals surface area contributed by atoms with Crippen LogP contribution in [0.15, 0.2) is 42.7 Å². The summed E-state index contributed by atoms with van der Waals surface area (Å²) in [5, 5.41) is 2.68. The third kappa shape index (κ3) is 2.83. The molecular weight excluding hydrogens is 256 g/mol. The first kappa shape index (κ1) is 13.7. The lowest BCUT2D eigenvalue weighted by Crippen LogP contribution is -2.16. The minimum Gasteiger partial charge on any atom is -0.465 e. The highest BCUT2D eigenvalue weighted by atomic mass is 16.5. The molecule has 1 heterocycles. The van der Waals surface area contributed by atoms with E-state index in [2.05, 4.69) is 15.0 Å². The van der Waals surface area contributed by atoms with Gasteiger partial charge in [0.1, 0.15) is 0 Å². The number of ether oxygens (including phenoxy) is 1. The first-order chi connectivity index (χ1) is 9.63. The van der Waals surface area contributed by atoms with Gasteiger partial charge in [-0.1, -0.05) is 18.2 Å². The summed E-state index contributed by atoms with van der Waals surface area (Å²) in [6, 6.07) is 8.71. The first-order valence-corrected chi connectivity index (χ1v) is 6.03. The number of esters is 1. The van der Waals surface area contributed by atoms with Crippen LogP contribution >= 0.6 is 0 Å². The fraction of sp³-hybridized carbons (Fsp3) is 0.133. The maximum absolute atomic E-state index is 12.2. The van der Waals surface area contributed by atoms with E-state index in [1.807, 2.05) is 19.1 Å². The van der Waals surface area contributed by atoms with Crippen molar-refractivity contribution in [2.24, 2.45) is 0 Å². The largest absolute Gasteiger partial charge is 0.465 e. The highest BCUT2D eigenvalue weighted by Gasteiger charge is 2.15. The number of pyridine rings is 1. The molecule has 1 amide bonds. The molecule has 5 heteroatoms. The molecule has 2 rings (SSSR count). The molecule has 102 valence electrons. The van der Waals surface area contributed by atoms with E-state index in [-0.39, 0.29) is 11.5 Å². The number of nitrogens with one attached hydrogen (secondary N) is 1. The summed E-state index contributed by atoms with van der Waals surface area (Å²) in [4.78, 5) is 27.7. The van der Waals surface area contributed by atoms with Crippen LogP contribution in [0, 0.1) is 6.92 Å². The Bertz CT molecular complexity index is 653. The Morgan fingerprint density at radius 1 is 1.15 bits per heavy atom. The Labute approximate surface area is 116 Å². The highest BCUT2D eigenvalue weighted by molar-refractivity contribution is 6.08. The molecule has 0 atom stereocenters. The number of aryl methyl sites for hydroxylation is 1. The van der Waals surface area contributed by atoms with Gasteiger partial charge in [0.25, 0.3) is 5.91 Å². The second-order valence-electron chi connectivity index (χ2n) is 4.18. The number of methoxy groups -OCH3 is 1. The summed E-state index contributed by atoms with van der Waals surface area (Å²) in [6.07, 6.45) is 2.89. The van der Waals surface area contributed by atoms with Crippen molar-refractivity contribution in [2.45, 2.75) is 6.92 Å². The van der Waals surface area contributed by atoms with E-state index in [4.69, 9.17) is 0 Å². The molecule has 0 spiro atoms. The minimum atomic E-state index is -0.521. The molecule has 0 aliphatic carbocycles. The zero-order valence-corrected chi connectivity index (χ0v) is 11.2. The Kier molecular flexibility index (Phi) is 4.10. The summed E-state index contributed by atoms with van der Waals surface area (Å²) in [5.74, 6) is -0.811. The van der Waals surface area contributed by atoms with Gasteiger partial charge in [0.05, 0.1) is 24.6 Å². The van der Waals surface area contributed by atoms with Crippen LogP contribution in [0.1, 0.15) is 26.3 Å². The maximum atomic E-state index is 12.2. The van der Waals surface area contributed by atoms with E-state index >= 15 is 0 Å². The average Bonchev–Trinajstić information content (AvgIpc) is 2.47. The van der Waals surface area contributed by atoms with Gasteiger partial charge in [-0.25, -0.2) is 4.79 Å². The zero-order valence-electron chi connectivity index (χ0n) is 11.2. The second-order valence-corrected chi connectivity index (χ2v) is 4.18. The number of nitrogens with zero attached hydrogens (tertiary/aromatic N) is 1. The van der Waals surface area contributed by atoms with Crippen molar-refractivity contribution in [3.8, 4) is 0 Å². The molecular formula is C15H14N2O3. The van der Waals surface area contributed by atoms with E-state index in [0.29, 0.717) is 11.3 Å². The van der Waals surface area contributed by atoms with Crippen LogP contribution in [-0.4, -0.2) is 24.0 Å². The number of hydrogen-bond donors (Lipinski definition) is 1. The molecule has 0 aliphatic heterocycles. The van der Waals surface area contributed by atoms with E-state index < -0.39 is 5.97 Å². The fourth-order valence-electron chi connectivity index (χ4n) is 1.80. The normalized spacial score (nSPS) is 9.90. The Morgan fingerprint density at radius 2 is 1.90 bits per heavy atom. The SMILES string of the molecule is COC(=O)c1ccncc1NC(=O)c1ccccc1C. The number of benzene rings is 1. The van der Waals surface area contributed by atoms with Crippen LogP contribution < -0.4 is 5.32 Å². The highest BCUT2D eigenvalue weighted by Crippen LogP contribution is 2.17. The predicted octanol–water partition coefficient (Wildman–Crippen LogP) is 2.43. The molecule has 0 aliphatic rings. The molecule has 5 nitrogen and oxygen atoms in total. The minimum absolute atomic E-state index is 0.268. The van der Waals surface area contributed by atoms with E-state index in [1.165, 1.54) is 25.6 Å².